The largest absolute Gasteiger partial charge is 0.507 e. The first-order valence-corrected chi connectivity index (χ1v) is 24.4. The van der Waals surface area contributed by atoms with E-state index in [-0.39, 0.29) is 54.6 Å². The van der Waals surface area contributed by atoms with E-state index in [2.05, 4.69) is 31.0 Å². The predicted molar refractivity (Wildman–Crippen MR) is 241 cm³/mol. The summed E-state index contributed by atoms with van der Waals surface area (Å²) in [7, 11) is -3.33. The van der Waals surface area contributed by atoms with Gasteiger partial charge in [-0.2, -0.15) is 0 Å². The van der Waals surface area contributed by atoms with E-state index in [4.69, 9.17) is 4.74 Å². The smallest absolute Gasteiger partial charge is 0.336 e. The van der Waals surface area contributed by atoms with Crippen molar-refractivity contribution in [3.63, 3.8) is 0 Å². The molecule has 66 heavy (non-hydrogen) atoms. The number of aromatic nitrogens is 3. The summed E-state index contributed by atoms with van der Waals surface area (Å²) in [4.78, 5) is 52.7. The normalized spacial score (nSPS) is 24.9. The van der Waals surface area contributed by atoms with Crippen LogP contribution >= 0.6 is 0 Å². The molecule has 1 aromatic heterocycles. The van der Waals surface area contributed by atoms with Crippen molar-refractivity contribution in [3.8, 4) is 5.75 Å². The molecule has 2 saturated carbocycles. The van der Waals surface area contributed by atoms with Gasteiger partial charge in [-0.05, 0) is 92.8 Å². The molecular formula is C46H63N7O12S. The van der Waals surface area contributed by atoms with E-state index in [1.807, 2.05) is 12.1 Å². The molecule has 19 nitrogen and oxygen atoms in total. The summed E-state index contributed by atoms with van der Waals surface area (Å²) in [6.45, 7) is 2.63. The lowest BCUT2D eigenvalue weighted by Crippen LogP contribution is -2.67. The minimum atomic E-state index is -3.33. The first kappa shape index (κ1) is 50.2. The highest BCUT2D eigenvalue weighted by atomic mass is 32.2. The number of aliphatic carboxylic acids is 1. The number of sulfonamides is 1. The lowest BCUT2D eigenvalue weighted by atomic mass is 9.81. The summed E-state index contributed by atoms with van der Waals surface area (Å²) in [6.07, 6.45) is 5.66. The average molecular weight is 938 g/mol. The van der Waals surface area contributed by atoms with Crippen LogP contribution in [0.4, 0.5) is 0 Å². The molecule has 1 aliphatic heterocycles. The number of phenols is 1. The van der Waals surface area contributed by atoms with Crippen LogP contribution in [0.25, 0.3) is 6.08 Å². The average Bonchev–Trinajstić information content (AvgIpc) is 3.75. The number of aromatic hydroxyl groups is 1. The lowest BCUT2D eigenvalue weighted by molar-refractivity contribution is -0.226. The van der Waals surface area contributed by atoms with E-state index >= 15 is 0 Å². The number of aryl methyl sites for hydroxylation is 2. The van der Waals surface area contributed by atoms with Crippen molar-refractivity contribution in [2.45, 2.75) is 146 Å². The summed E-state index contributed by atoms with van der Waals surface area (Å²) in [5.41, 5.74) is 1.15. The number of carboxylic acids is 1. The Morgan fingerprint density at radius 3 is 2.35 bits per heavy atom. The third-order valence-corrected chi connectivity index (χ3v) is 13.6. The number of aliphatic hydroxyl groups excluding tert-OH is 3. The maximum absolute atomic E-state index is 13.5. The van der Waals surface area contributed by atoms with Crippen molar-refractivity contribution in [1.29, 1.82) is 0 Å². The summed E-state index contributed by atoms with van der Waals surface area (Å²) >= 11 is 0. The monoisotopic (exact) mass is 937 g/mol. The lowest BCUT2D eigenvalue weighted by Gasteiger charge is -2.47. The Hall–Kier alpha value is -5.25. The predicted octanol–water partition coefficient (Wildman–Crippen LogP) is 2.09. The summed E-state index contributed by atoms with van der Waals surface area (Å²) in [5.74, 6) is -2.85. The molecule has 20 heteroatoms. The van der Waals surface area contributed by atoms with Gasteiger partial charge in [0.1, 0.15) is 24.5 Å². The van der Waals surface area contributed by atoms with Gasteiger partial charge >= 0.3 is 5.97 Å². The van der Waals surface area contributed by atoms with E-state index in [1.165, 1.54) is 22.9 Å². The Morgan fingerprint density at radius 2 is 1.68 bits per heavy atom. The maximum atomic E-state index is 13.5. The standard InChI is InChI=1S/C46H63N7O12S/c1-27-19-33(20-28(2)40(27)57)44(60)48-24-37(55)41(58)42-39(49-38(56)26-53-25-35(50-52-53)31-12-5-4-6-13-31)36(54)22-46(65-42,45(61)62)18-8-11-29-9-7-10-30(21-29)23-47-43(59)32-14-16-34(17-15-32)51-66(3,63)64/h7-11,19-21,25,31-32,34,36-37,39,41-42,51,54-55,57-58H,4-6,12-18,22-24,26H2,1-3H3,(H,47,59)(H,48,60)(H,49,56)(H,61,62)/b11-8+/t32?,34?,36-,37+,39+,41+,42+,46+/m0/s1. The molecule has 6 atom stereocenters. The van der Waals surface area contributed by atoms with Crippen LogP contribution in [0.2, 0.25) is 0 Å². The Balaban J connectivity index is 1.13. The van der Waals surface area contributed by atoms with Crippen molar-refractivity contribution in [2.24, 2.45) is 5.92 Å². The molecule has 2 aliphatic carbocycles. The molecule has 0 unspecified atom stereocenters. The second kappa shape index (κ2) is 22.0. The van der Waals surface area contributed by atoms with Crippen molar-refractivity contribution in [1.82, 2.24) is 35.7 Å². The number of rotatable bonds is 18. The summed E-state index contributed by atoms with van der Waals surface area (Å²) < 4.78 is 33.4. The fraction of sp³-hybridized carbons (Fsp3) is 0.565. The van der Waals surface area contributed by atoms with Crippen molar-refractivity contribution in [2.75, 3.05) is 12.8 Å². The molecule has 3 fully saturated rings. The maximum Gasteiger partial charge on any atom is 0.336 e. The van der Waals surface area contributed by atoms with Crippen LogP contribution in [0.3, 0.4) is 0 Å². The number of carbonyl (C=O) groups is 4. The Morgan fingerprint density at radius 1 is 0.985 bits per heavy atom. The number of hydrogen-bond acceptors (Lipinski definition) is 13. The van der Waals surface area contributed by atoms with Gasteiger partial charge in [0.05, 0.1) is 30.2 Å². The fourth-order valence-corrected chi connectivity index (χ4v) is 10.1. The van der Waals surface area contributed by atoms with E-state index in [0.29, 0.717) is 42.4 Å². The minimum Gasteiger partial charge on any atom is -0.507 e. The van der Waals surface area contributed by atoms with E-state index in [1.54, 1.807) is 38.3 Å². The van der Waals surface area contributed by atoms with Gasteiger partial charge < -0.3 is 46.2 Å². The molecule has 1 saturated heterocycles. The van der Waals surface area contributed by atoms with Gasteiger partial charge in [-0.15, -0.1) is 5.10 Å². The Kier molecular flexibility index (Phi) is 16.7. The van der Waals surface area contributed by atoms with Crippen LogP contribution in [0.5, 0.6) is 5.75 Å². The minimum absolute atomic E-state index is 0.0295. The molecule has 3 aliphatic rings. The van der Waals surface area contributed by atoms with Gasteiger partial charge in [0.15, 0.2) is 5.60 Å². The zero-order chi connectivity index (χ0) is 47.8. The first-order chi connectivity index (χ1) is 31.3. The summed E-state index contributed by atoms with van der Waals surface area (Å²) in [6, 6.07) is 8.50. The van der Waals surface area contributed by atoms with E-state index in [0.717, 1.165) is 49.6 Å². The fourth-order valence-electron chi connectivity index (χ4n) is 9.27. The number of aliphatic hydroxyl groups is 3. The van der Waals surface area contributed by atoms with Crippen molar-refractivity contribution in [3.05, 3.63) is 82.2 Å². The SMILES string of the molecule is Cc1cc(C(=O)NC[C@@H](O)[C@@H](O)[C@@H]2O[C@@](C/C=C/c3cccc(CNC(=O)C4CCC(NS(C)(=O)=O)CC4)c3)(C(=O)O)C[C@H](O)[C@H]2NC(=O)Cn2cc(C3CCCCC3)nn2)cc(C)c1O. The molecule has 2 aromatic carbocycles. The number of amides is 3. The highest BCUT2D eigenvalue weighted by Crippen LogP contribution is 2.36. The molecule has 3 amide bonds. The van der Waals surface area contributed by atoms with E-state index in [9.17, 15) is 53.1 Å². The number of nitrogens with one attached hydrogen (secondary N) is 4. The molecule has 3 aromatic rings. The van der Waals surface area contributed by atoms with Gasteiger partial charge in [0.2, 0.25) is 21.8 Å². The topological polar surface area (TPSA) is 292 Å². The summed E-state index contributed by atoms with van der Waals surface area (Å²) in [5, 5.41) is 71.9. The van der Waals surface area contributed by atoms with Crippen LogP contribution in [0.1, 0.15) is 115 Å². The van der Waals surface area contributed by atoms with Gasteiger partial charge in [-0.25, -0.2) is 22.6 Å². The molecule has 360 valence electrons. The van der Waals surface area contributed by atoms with Gasteiger partial charge in [-0.1, -0.05) is 54.8 Å². The number of carbonyl (C=O) groups excluding carboxylic acids is 3. The van der Waals surface area contributed by atoms with Crippen molar-refractivity contribution >= 4 is 39.8 Å². The van der Waals surface area contributed by atoms with Crippen LogP contribution in [0.15, 0.2) is 48.7 Å². The number of phenolic OH excluding ortho intramolecular Hbond substituents is 1. The highest BCUT2D eigenvalue weighted by molar-refractivity contribution is 7.88. The molecule has 2 heterocycles. The number of carboxylic acid groups (broad SMARTS) is 1. The van der Waals surface area contributed by atoms with Gasteiger partial charge in [0.25, 0.3) is 5.91 Å². The third kappa shape index (κ3) is 13.2. The number of hydrogen-bond donors (Lipinski definition) is 9. The van der Waals surface area contributed by atoms with Crippen LogP contribution in [-0.2, 0) is 42.2 Å². The molecule has 6 rings (SSSR count). The molecule has 0 bridgehead atoms. The van der Waals surface area contributed by atoms with Crippen molar-refractivity contribution < 1.29 is 57.9 Å². The Labute approximate surface area is 384 Å². The molecular weight excluding hydrogens is 875 g/mol. The third-order valence-electron chi connectivity index (χ3n) is 12.9. The number of benzene rings is 2. The second-order valence-electron chi connectivity index (χ2n) is 18.2. The van der Waals surface area contributed by atoms with Crippen LogP contribution < -0.4 is 20.7 Å². The Bertz CT molecular complexity index is 2320. The van der Waals surface area contributed by atoms with Gasteiger partial charge in [-0.3, -0.25) is 14.4 Å². The number of ether oxygens (including phenoxy) is 1. The highest BCUT2D eigenvalue weighted by Gasteiger charge is 2.54. The zero-order valence-corrected chi connectivity index (χ0v) is 38.4. The second-order valence-corrected chi connectivity index (χ2v) is 19.9. The quantitative estimate of drug-likeness (QED) is 0.0883. The number of nitrogens with zero attached hydrogens (tertiary/aromatic N) is 3. The van der Waals surface area contributed by atoms with E-state index < -0.39 is 76.8 Å². The van der Waals surface area contributed by atoms with Crippen LogP contribution in [-0.4, -0.2) is 128 Å². The molecule has 0 spiro atoms. The first-order valence-electron chi connectivity index (χ1n) is 22.5. The zero-order valence-electron chi connectivity index (χ0n) is 37.6. The molecule has 0 radical (unpaired) electrons. The van der Waals surface area contributed by atoms with Crippen LogP contribution in [0, 0.1) is 19.8 Å². The molecule has 9 N–H and O–H groups in total. The van der Waals surface area contributed by atoms with Gasteiger partial charge in [0, 0.05) is 55.6 Å².